The highest BCUT2D eigenvalue weighted by Gasteiger charge is 2.35. The molecule has 0 saturated carbocycles. The maximum Gasteiger partial charge on any atom is 0.335 e. The van der Waals surface area contributed by atoms with Crippen LogP contribution in [0.5, 0.6) is 5.75 Å². The number of rotatable bonds is 6. The first kappa shape index (κ1) is 21.7. The second-order valence-corrected chi connectivity index (χ2v) is 10.0. The predicted molar refractivity (Wildman–Crippen MR) is 111 cm³/mol. The predicted octanol–water partition coefficient (Wildman–Crippen LogP) is 3.73. The summed E-state index contributed by atoms with van der Waals surface area (Å²) >= 11 is 1.32. The van der Waals surface area contributed by atoms with Crippen LogP contribution in [-0.2, 0) is 23.3 Å². The molecule has 0 spiro atoms. The number of thiazole rings is 1. The minimum atomic E-state index is -3.96. The minimum Gasteiger partial charge on any atom is -0.495 e. The number of nitrogens with zero attached hydrogens (tertiary/aromatic N) is 2. The van der Waals surface area contributed by atoms with Gasteiger partial charge in [-0.2, -0.15) is 12.7 Å². The lowest BCUT2D eigenvalue weighted by atomic mass is 9.97. The third-order valence-electron chi connectivity index (χ3n) is 5.13. The molecule has 2 aromatic rings. The van der Waals surface area contributed by atoms with Gasteiger partial charge in [0.2, 0.25) is 0 Å². The number of carboxylic acid groups (broad SMARTS) is 1. The number of carboxylic acids is 1. The van der Waals surface area contributed by atoms with Gasteiger partial charge in [0.1, 0.15) is 10.8 Å². The van der Waals surface area contributed by atoms with Crippen molar-refractivity contribution in [2.24, 2.45) is 0 Å². The van der Waals surface area contributed by atoms with Crippen LogP contribution < -0.4 is 9.46 Å². The van der Waals surface area contributed by atoms with Crippen molar-refractivity contribution in [3.8, 4) is 5.75 Å². The van der Waals surface area contributed by atoms with Crippen molar-refractivity contribution in [2.75, 3.05) is 11.8 Å². The van der Waals surface area contributed by atoms with Crippen molar-refractivity contribution in [3.63, 3.8) is 0 Å². The lowest BCUT2D eigenvalue weighted by molar-refractivity contribution is -0.00604. The van der Waals surface area contributed by atoms with Crippen LogP contribution in [0, 0.1) is 0 Å². The summed E-state index contributed by atoms with van der Waals surface area (Å²) in [5.41, 5.74) is 1.47. The molecule has 31 heavy (non-hydrogen) atoms. The monoisotopic (exact) mass is 471 g/mol. The molecule has 2 aliphatic rings. The van der Waals surface area contributed by atoms with Gasteiger partial charge in [-0.3, -0.25) is 4.72 Å². The summed E-state index contributed by atoms with van der Waals surface area (Å²) in [4.78, 5) is 16.3. The molecule has 0 atom stereocenters. The first-order valence-electron chi connectivity index (χ1n) is 9.33. The normalized spacial score (nSPS) is 18.4. The van der Waals surface area contributed by atoms with Crippen molar-refractivity contribution in [2.45, 2.75) is 38.3 Å². The number of nitrogens with one attached hydrogen (secondary N) is 1. The molecule has 12 heteroatoms. The van der Waals surface area contributed by atoms with Crippen molar-refractivity contribution >= 4 is 38.8 Å². The van der Waals surface area contributed by atoms with Crippen LogP contribution in [-0.4, -0.2) is 41.8 Å². The van der Waals surface area contributed by atoms with Gasteiger partial charge in [0.25, 0.3) is 5.92 Å². The molecule has 2 N–H and O–H groups in total. The van der Waals surface area contributed by atoms with Crippen LogP contribution in [0.3, 0.4) is 0 Å². The molecule has 1 aliphatic carbocycles. The van der Waals surface area contributed by atoms with E-state index in [2.05, 4.69) is 9.71 Å². The Labute approximate surface area is 181 Å². The van der Waals surface area contributed by atoms with Gasteiger partial charge in [0, 0.05) is 17.7 Å². The van der Waals surface area contributed by atoms with E-state index < -0.39 is 22.1 Å². The summed E-state index contributed by atoms with van der Waals surface area (Å²) in [6.07, 6.45) is 1.24. The first-order valence-corrected chi connectivity index (χ1v) is 11.6. The van der Waals surface area contributed by atoms with Gasteiger partial charge in [0.05, 0.1) is 37.1 Å². The zero-order valence-corrected chi connectivity index (χ0v) is 18.0. The number of methoxy groups -OCH3 is 1. The summed E-state index contributed by atoms with van der Waals surface area (Å²) in [7, 11) is -2.65. The zero-order valence-electron chi connectivity index (χ0n) is 16.4. The maximum absolute atomic E-state index is 13.4. The van der Waals surface area contributed by atoms with Gasteiger partial charge in [-0.15, -0.1) is 11.3 Å². The van der Waals surface area contributed by atoms with Crippen molar-refractivity contribution < 1.29 is 31.8 Å². The van der Waals surface area contributed by atoms with E-state index in [-0.39, 0.29) is 49.4 Å². The number of hydrogen-bond acceptors (Lipinski definition) is 6. The Balaban J connectivity index is 1.48. The number of hydrogen-bond donors (Lipinski definition) is 2. The molecule has 0 unspecified atom stereocenters. The zero-order chi connectivity index (χ0) is 22.4. The van der Waals surface area contributed by atoms with E-state index in [4.69, 9.17) is 9.84 Å². The second-order valence-electron chi connectivity index (χ2n) is 7.27. The highest BCUT2D eigenvalue weighted by atomic mass is 32.2. The third-order valence-corrected chi connectivity index (χ3v) is 7.71. The van der Waals surface area contributed by atoms with E-state index in [0.29, 0.717) is 10.7 Å². The Bertz CT molecular complexity index is 1150. The molecule has 8 nitrogen and oxygen atoms in total. The van der Waals surface area contributed by atoms with Crippen LogP contribution in [0.25, 0.3) is 5.57 Å². The second kappa shape index (κ2) is 7.84. The number of aromatic carboxylic acids is 1. The van der Waals surface area contributed by atoms with Gasteiger partial charge >= 0.3 is 16.2 Å². The standard InChI is InChI=1S/C19H19F2N3O5S2/c1-29-15-8-12(18(25)26)2-3-13(15)23-31(27,28)24-9-14-16(10-24)30-17(22-14)11-4-6-19(20,21)7-5-11/h2-4,8,23H,5-7,9-10H2,1H3,(H,25,26). The Morgan fingerprint density at radius 3 is 2.74 bits per heavy atom. The Morgan fingerprint density at radius 2 is 2.13 bits per heavy atom. The molecular weight excluding hydrogens is 452 g/mol. The summed E-state index contributed by atoms with van der Waals surface area (Å²) in [5.74, 6) is -3.75. The Hall–Kier alpha value is -2.57. The topological polar surface area (TPSA) is 109 Å². The van der Waals surface area contributed by atoms with E-state index in [1.54, 1.807) is 0 Å². The molecule has 1 aromatic carbocycles. The SMILES string of the molecule is COc1cc(C(=O)O)ccc1NS(=O)(=O)N1Cc2nc(C3=CCC(F)(F)CC3)sc2C1. The molecule has 0 bridgehead atoms. The highest BCUT2D eigenvalue weighted by molar-refractivity contribution is 7.90. The quantitative estimate of drug-likeness (QED) is 0.665. The molecule has 1 aliphatic heterocycles. The van der Waals surface area contributed by atoms with E-state index >= 15 is 0 Å². The fourth-order valence-electron chi connectivity index (χ4n) is 3.42. The van der Waals surface area contributed by atoms with Crippen LogP contribution in [0.1, 0.15) is 45.2 Å². The van der Waals surface area contributed by atoms with Crippen LogP contribution in [0.15, 0.2) is 24.3 Å². The number of alkyl halides is 2. The van der Waals surface area contributed by atoms with E-state index in [1.165, 1.54) is 47.0 Å². The summed E-state index contributed by atoms with van der Waals surface area (Å²) in [6, 6.07) is 3.84. The van der Waals surface area contributed by atoms with Crippen LogP contribution in [0.2, 0.25) is 0 Å². The minimum absolute atomic E-state index is 0.0327. The van der Waals surface area contributed by atoms with Gasteiger partial charge < -0.3 is 9.84 Å². The van der Waals surface area contributed by atoms with E-state index in [9.17, 15) is 22.0 Å². The molecule has 0 radical (unpaired) electrons. The molecule has 4 rings (SSSR count). The van der Waals surface area contributed by atoms with Crippen molar-refractivity contribution in [1.82, 2.24) is 9.29 Å². The first-order chi connectivity index (χ1) is 14.6. The van der Waals surface area contributed by atoms with Gasteiger partial charge in [0.15, 0.2) is 0 Å². The fourth-order valence-corrected chi connectivity index (χ4v) is 5.82. The average Bonchev–Trinajstić information content (AvgIpc) is 3.27. The van der Waals surface area contributed by atoms with E-state index in [1.807, 2.05) is 0 Å². The molecule has 2 heterocycles. The number of anilines is 1. The van der Waals surface area contributed by atoms with E-state index in [0.717, 1.165) is 10.5 Å². The highest BCUT2D eigenvalue weighted by Crippen LogP contribution is 2.40. The molecule has 0 fully saturated rings. The number of carbonyl (C=O) groups is 1. The largest absolute Gasteiger partial charge is 0.495 e. The third kappa shape index (κ3) is 4.41. The van der Waals surface area contributed by atoms with Gasteiger partial charge in [-0.05, 0) is 30.2 Å². The number of halogens is 2. The number of ether oxygens (including phenoxy) is 1. The summed E-state index contributed by atoms with van der Waals surface area (Å²) in [5, 5.41) is 9.73. The Morgan fingerprint density at radius 1 is 1.35 bits per heavy atom. The van der Waals surface area contributed by atoms with Crippen LogP contribution in [0.4, 0.5) is 14.5 Å². The number of benzene rings is 1. The number of aromatic nitrogens is 1. The average molecular weight is 472 g/mol. The molecule has 0 amide bonds. The summed E-state index contributed by atoms with van der Waals surface area (Å²) in [6.45, 7) is 0.168. The Kier molecular flexibility index (Phi) is 5.48. The molecule has 0 saturated heterocycles. The molecule has 166 valence electrons. The number of fused-ring (bicyclic) bond motifs is 1. The van der Waals surface area contributed by atoms with Crippen molar-refractivity contribution in [3.05, 3.63) is 45.4 Å². The molecular formula is C19H19F2N3O5S2. The molecule has 1 aromatic heterocycles. The van der Waals surface area contributed by atoms with Gasteiger partial charge in [-0.25, -0.2) is 18.6 Å². The maximum atomic E-state index is 13.4. The number of allylic oxidation sites excluding steroid dienone is 2. The summed E-state index contributed by atoms with van der Waals surface area (Å²) < 4.78 is 61.1. The van der Waals surface area contributed by atoms with Crippen molar-refractivity contribution in [1.29, 1.82) is 0 Å². The lowest BCUT2D eigenvalue weighted by Gasteiger charge is -2.20. The fraction of sp³-hybridized carbons (Fsp3) is 0.368. The van der Waals surface area contributed by atoms with Crippen LogP contribution >= 0.6 is 11.3 Å². The smallest absolute Gasteiger partial charge is 0.335 e. The lowest BCUT2D eigenvalue weighted by Crippen LogP contribution is -2.31. The van der Waals surface area contributed by atoms with Gasteiger partial charge in [-0.1, -0.05) is 6.08 Å².